The lowest BCUT2D eigenvalue weighted by atomic mass is 10.2. The Hall–Kier alpha value is -2.03. The predicted octanol–water partition coefficient (Wildman–Crippen LogP) is 2.82. The molecule has 0 spiro atoms. The molecule has 0 aliphatic heterocycles. The molecule has 1 aromatic carbocycles. The van der Waals surface area contributed by atoms with Crippen LogP contribution in [-0.2, 0) is 4.79 Å². The number of allylic oxidation sites excluding steroid dienone is 1. The fourth-order valence-corrected chi connectivity index (χ4v) is 1.18. The number of carbonyl (C=O) groups is 1. The quantitative estimate of drug-likeness (QED) is 0.366. The summed E-state index contributed by atoms with van der Waals surface area (Å²) in [7, 11) is 0. The first-order valence-electron chi connectivity index (χ1n) is 5.01. The number of hydrogen-bond acceptors (Lipinski definition) is 3. The molecular formula is C13H14O3. The molecule has 0 saturated carbocycles. The van der Waals surface area contributed by atoms with E-state index in [4.69, 9.17) is 4.74 Å². The molecule has 0 aliphatic rings. The summed E-state index contributed by atoms with van der Waals surface area (Å²) in [6, 6.07) is 6.09. The maximum absolute atomic E-state index is 11.6. The summed E-state index contributed by atoms with van der Waals surface area (Å²) < 4.78 is 5.06. The normalized spacial score (nSPS) is 10.9. The first-order valence-corrected chi connectivity index (χ1v) is 5.01. The Labute approximate surface area is 94.7 Å². The Balaban J connectivity index is 2.78. The summed E-state index contributed by atoms with van der Waals surface area (Å²) in [6.07, 6.45) is 3.92. The Bertz CT molecular complexity index is 419. The lowest BCUT2D eigenvalue weighted by molar-refractivity contribution is -0.129. The Morgan fingerprint density at radius 1 is 1.56 bits per heavy atom. The van der Waals surface area contributed by atoms with E-state index in [1.807, 2.05) is 6.92 Å². The summed E-state index contributed by atoms with van der Waals surface area (Å²) >= 11 is 0. The standard InChI is InChI=1S/C13H14O3/c1-3-6-10(4-2)13(15)16-12-8-5-7-11(14)9-12/h4-9,14H,2-3H2,1H3/b10-6+. The molecule has 0 radical (unpaired) electrons. The number of rotatable bonds is 4. The van der Waals surface area contributed by atoms with Crippen molar-refractivity contribution < 1.29 is 14.6 Å². The molecule has 0 atom stereocenters. The van der Waals surface area contributed by atoms with Gasteiger partial charge in [0.05, 0.1) is 5.57 Å². The number of carbonyl (C=O) groups excluding carboxylic acids is 1. The fraction of sp³-hybridized carbons (Fsp3) is 0.154. The molecule has 0 heterocycles. The van der Waals surface area contributed by atoms with Gasteiger partial charge < -0.3 is 9.84 Å². The van der Waals surface area contributed by atoms with Crippen LogP contribution in [0.15, 0.2) is 48.6 Å². The minimum atomic E-state index is -0.470. The zero-order valence-electron chi connectivity index (χ0n) is 9.14. The highest BCUT2D eigenvalue weighted by Crippen LogP contribution is 2.18. The third-order valence-corrected chi connectivity index (χ3v) is 1.91. The molecule has 84 valence electrons. The van der Waals surface area contributed by atoms with E-state index in [-0.39, 0.29) is 5.75 Å². The van der Waals surface area contributed by atoms with Crippen LogP contribution in [0.3, 0.4) is 0 Å². The smallest absolute Gasteiger partial charge is 0.343 e. The van der Waals surface area contributed by atoms with Crippen molar-refractivity contribution in [1.82, 2.24) is 0 Å². The van der Waals surface area contributed by atoms with Gasteiger partial charge in [0, 0.05) is 6.07 Å². The highest BCUT2D eigenvalue weighted by molar-refractivity contribution is 5.92. The van der Waals surface area contributed by atoms with E-state index in [1.165, 1.54) is 18.2 Å². The third kappa shape index (κ3) is 3.28. The predicted molar refractivity (Wildman–Crippen MR) is 62.3 cm³/mol. The molecule has 1 N–H and O–H groups in total. The van der Waals surface area contributed by atoms with Gasteiger partial charge >= 0.3 is 5.97 Å². The molecule has 0 bridgehead atoms. The average Bonchev–Trinajstić information content (AvgIpc) is 2.25. The summed E-state index contributed by atoms with van der Waals surface area (Å²) in [5.74, 6) is -0.0961. The molecule has 0 unspecified atom stereocenters. The molecule has 1 rings (SSSR count). The van der Waals surface area contributed by atoms with Gasteiger partial charge in [-0.15, -0.1) is 0 Å². The maximum atomic E-state index is 11.6. The molecule has 3 nitrogen and oxygen atoms in total. The molecule has 0 aliphatic carbocycles. The van der Waals surface area contributed by atoms with Crippen LogP contribution in [0.25, 0.3) is 0 Å². The van der Waals surface area contributed by atoms with Gasteiger partial charge in [-0.25, -0.2) is 4.79 Å². The van der Waals surface area contributed by atoms with Gasteiger partial charge in [0.2, 0.25) is 0 Å². The Morgan fingerprint density at radius 2 is 2.31 bits per heavy atom. The van der Waals surface area contributed by atoms with E-state index >= 15 is 0 Å². The van der Waals surface area contributed by atoms with E-state index in [9.17, 15) is 9.90 Å². The van der Waals surface area contributed by atoms with Gasteiger partial charge in [-0.2, -0.15) is 0 Å². The van der Waals surface area contributed by atoms with Crippen molar-refractivity contribution in [2.24, 2.45) is 0 Å². The molecular weight excluding hydrogens is 204 g/mol. The number of esters is 1. The van der Waals surface area contributed by atoms with Crippen LogP contribution in [-0.4, -0.2) is 11.1 Å². The van der Waals surface area contributed by atoms with Crippen molar-refractivity contribution in [2.75, 3.05) is 0 Å². The van der Waals surface area contributed by atoms with Crippen LogP contribution in [0.1, 0.15) is 13.3 Å². The van der Waals surface area contributed by atoms with Crippen molar-refractivity contribution in [3.05, 3.63) is 48.6 Å². The van der Waals surface area contributed by atoms with Crippen LogP contribution in [0, 0.1) is 0 Å². The fourth-order valence-electron chi connectivity index (χ4n) is 1.18. The highest BCUT2D eigenvalue weighted by atomic mass is 16.5. The SMILES string of the molecule is C=C/C(=C\CC)C(=O)Oc1cccc(O)c1. The number of phenols is 1. The van der Waals surface area contributed by atoms with E-state index in [0.717, 1.165) is 6.42 Å². The maximum Gasteiger partial charge on any atom is 0.343 e. The van der Waals surface area contributed by atoms with Gasteiger partial charge in [0.15, 0.2) is 0 Å². The lowest BCUT2D eigenvalue weighted by Gasteiger charge is -2.04. The molecule has 0 fully saturated rings. The number of benzene rings is 1. The van der Waals surface area contributed by atoms with E-state index in [2.05, 4.69) is 6.58 Å². The van der Waals surface area contributed by atoms with Crippen LogP contribution in [0.5, 0.6) is 11.5 Å². The van der Waals surface area contributed by atoms with Gasteiger partial charge in [-0.1, -0.05) is 31.7 Å². The van der Waals surface area contributed by atoms with E-state index < -0.39 is 5.97 Å². The zero-order chi connectivity index (χ0) is 12.0. The molecule has 0 amide bonds. The molecule has 3 heteroatoms. The third-order valence-electron chi connectivity index (χ3n) is 1.91. The molecule has 16 heavy (non-hydrogen) atoms. The first-order chi connectivity index (χ1) is 7.67. The van der Waals surface area contributed by atoms with Crippen LogP contribution < -0.4 is 4.74 Å². The number of aromatic hydroxyl groups is 1. The summed E-state index contributed by atoms with van der Waals surface area (Å²) in [6.45, 7) is 5.46. The Kier molecular flexibility index (Phi) is 4.33. The topological polar surface area (TPSA) is 46.5 Å². The van der Waals surface area contributed by atoms with Crippen molar-refractivity contribution in [3.63, 3.8) is 0 Å². The van der Waals surface area contributed by atoms with Crippen molar-refractivity contribution in [2.45, 2.75) is 13.3 Å². The van der Waals surface area contributed by atoms with Crippen molar-refractivity contribution in [1.29, 1.82) is 0 Å². The highest BCUT2D eigenvalue weighted by Gasteiger charge is 2.08. The van der Waals surface area contributed by atoms with Crippen LogP contribution in [0.2, 0.25) is 0 Å². The monoisotopic (exact) mass is 218 g/mol. The van der Waals surface area contributed by atoms with Crippen LogP contribution in [0.4, 0.5) is 0 Å². The van der Waals surface area contributed by atoms with Crippen molar-refractivity contribution in [3.8, 4) is 11.5 Å². The average molecular weight is 218 g/mol. The largest absolute Gasteiger partial charge is 0.508 e. The minimum Gasteiger partial charge on any atom is -0.508 e. The van der Waals surface area contributed by atoms with E-state index in [1.54, 1.807) is 18.2 Å². The molecule has 0 aromatic heterocycles. The van der Waals surface area contributed by atoms with Gasteiger partial charge in [-0.3, -0.25) is 0 Å². The summed E-state index contributed by atoms with van der Waals surface area (Å²) in [4.78, 5) is 11.6. The number of ether oxygens (including phenoxy) is 1. The number of phenolic OH excluding ortho intramolecular Hbond substituents is 1. The Morgan fingerprint density at radius 3 is 2.88 bits per heavy atom. The second-order valence-electron chi connectivity index (χ2n) is 3.16. The summed E-state index contributed by atoms with van der Waals surface area (Å²) in [5.41, 5.74) is 0.422. The lowest BCUT2D eigenvalue weighted by Crippen LogP contribution is -2.09. The van der Waals surface area contributed by atoms with Crippen molar-refractivity contribution >= 4 is 5.97 Å². The second kappa shape index (κ2) is 5.75. The second-order valence-corrected chi connectivity index (χ2v) is 3.16. The van der Waals surface area contributed by atoms with Gasteiger partial charge in [0.25, 0.3) is 0 Å². The molecule has 1 aromatic rings. The van der Waals surface area contributed by atoms with Gasteiger partial charge in [0.1, 0.15) is 11.5 Å². The molecule has 0 saturated heterocycles. The number of hydrogen-bond donors (Lipinski definition) is 1. The zero-order valence-corrected chi connectivity index (χ0v) is 9.14. The van der Waals surface area contributed by atoms with Crippen LogP contribution >= 0.6 is 0 Å². The van der Waals surface area contributed by atoms with Gasteiger partial charge in [-0.05, 0) is 18.6 Å². The minimum absolute atomic E-state index is 0.0601. The first kappa shape index (κ1) is 12.0. The summed E-state index contributed by atoms with van der Waals surface area (Å²) in [5, 5.41) is 9.20. The van der Waals surface area contributed by atoms with E-state index in [0.29, 0.717) is 11.3 Å².